The van der Waals surface area contributed by atoms with Gasteiger partial charge in [-0.05, 0) is 36.6 Å². The van der Waals surface area contributed by atoms with Crippen LogP contribution in [0, 0.1) is 10.1 Å². The second-order valence-corrected chi connectivity index (χ2v) is 9.17. The SMILES string of the molecule is CCC(C)NC(=O)C(Cc1ccccc1)N(Cc1cccc(Cl)c1)C(=O)Cc1ccccc1[N+](=O)[O-]. The van der Waals surface area contributed by atoms with Crippen molar-refractivity contribution in [2.75, 3.05) is 0 Å². The fraction of sp³-hybridized carbons (Fsp3) is 0.286. The molecule has 2 atom stereocenters. The van der Waals surface area contributed by atoms with Crippen LogP contribution in [0.15, 0.2) is 78.9 Å². The van der Waals surface area contributed by atoms with E-state index < -0.39 is 11.0 Å². The molecular weight excluding hydrogens is 478 g/mol. The zero-order valence-electron chi connectivity index (χ0n) is 20.4. The Labute approximate surface area is 216 Å². The minimum Gasteiger partial charge on any atom is -0.352 e. The van der Waals surface area contributed by atoms with Gasteiger partial charge in [0.1, 0.15) is 6.04 Å². The van der Waals surface area contributed by atoms with Crippen LogP contribution in [-0.2, 0) is 29.0 Å². The number of nitro groups is 1. The van der Waals surface area contributed by atoms with Gasteiger partial charge in [0, 0.05) is 35.7 Å². The molecule has 3 rings (SSSR count). The summed E-state index contributed by atoms with van der Waals surface area (Å²) < 4.78 is 0. The third-order valence-corrected chi connectivity index (χ3v) is 6.28. The maximum atomic E-state index is 13.8. The molecule has 0 aliphatic carbocycles. The molecule has 0 fully saturated rings. The van der Waals surface area contributed by atoms with Crippen LogP contribution in [0.1, 0.15) is 37.0 Å². The van der Waals surface area contributed by atoms with Gasteiger partial charge < -0.3 is 10.2 Å². The van der Waals surface area contributed by atoms with E-state index in [-0.39, 0.29) is 36.5 Å². The van der Waals surface area contributed by atoms with Gasteiger partial charge in [0.05, 0.1) is 11.3 Å². The van der Waals surface area contributed by atoms with Crippen molar-refractivity contribution in [3.05, 3.63) is 111 Å². The van der Waals surface area contributed by atoms with E-state index in [4.69, 9.17) is 11.6 Å². The third kappa shape index (κ3) is 7.39. The Morgan fingerprint density at radius 3 is 2.33 bits per heavy atom. The minimum absolute atomic E-state index is 0.0749. The maximum Gasteiger partial charge on any atom is 0.273 e. The zero-order chi connectivity index (χ0) is 26.1. The van der Waals surface area contributed by atoms with E-state index in [1.807, 2.05) is 50.2 Å². The summed E-state index contributed by atoms with van der Waals surface area (Å²) >= 11 is 6.20. The summed E-state index contributed by atoms with van der Waals surface area (Å²) in [6.07, 6.45) is 0.828. The van der Waals surface area contributed by atoms with Crippen molar-refractivity contribution in [3.8, 4) is 0 Å². The van der Waals surface area contributed by atoms with E-state index in [1.165, 1.54) is 11.0 Å². The number of nitrogens with zero attached hydrogens (tertiary/aromatic N) is 2. The number of carbonyl (C=O) groups excluding carboxylic acids is 2. The molecule has 0 heterocycles. The Bertz CT molecular complexity index is 1200. The lowest BCUT2D eigenvalue weighted by molar-refractivity contribution is -0.385. The highest BCUT2D eigenvalue weighted by molar-refractivity contribution is 6.30. The van der Waals surface area contributed by atoms with Crippen molar-refractivity contribution in [2.45, 2.75) is 51.7 Å². The Balaban J connectivity index is 2.02. The largest absolute Gasteiger partial charge is 0.352 e. The summed E-state index contributed by atoms with van der Waals surface area (Å²) in [6.45, 7) is 4.01. The summed E-state index contributed by atoms with van der Waals surface area (Å²) in [7, 11) is 0. The number of rotatable bonds is 11. The molecule has 3 aromatic carbocycles. The first-order chi connectivity index (χ1) is 17.3. The Morgan fingerprint density at radius 2 is 1.67 bits per heavy atom. The van der Waals surface area contributed by atoms with Gasteiger partial charge in [0.15, 0.2) is 0 Å². The smallest absolute Gasteiger partial charge is 0.273 e. The van der Waals surface area contributed by atoms with Gasteiger partial charge in [-0.15, -0.1) is 0 Å². The van der Waals surface area contributed by atoms with Gasteiger partial charge in [-0.1, -0.05) is 79.2 Å². The standard InChI is InChI=1S/C28H30ClN3O4/c1-3-20(2)30-28(34)26(17-21-10-5-4-6-11-21)31(19-22-12-9-14-24(29)16-22)27(33)18-23-13-7-8-15-25(23)32(35)36/h4-16,20,26H,3,17-19H2,1-2H3,(H,30,34). The number of amides is 2. The van der Waals surface area contributed by atoms with Crippen molar-refractivity contribution in [1.29, 1.82) is 0 Å². The highest BCUT2D eigenvalue weighted by atomic mass is 35.5. The first kappa shape index (κ1) is 26.9. The van der Waals surface area contributed by atoms with Gasteiger partial charge >= 0.3 is 0 Å². The lowest BCUT2D eigenvalue weighted by atomic mass is 10.0. The van der Waals surface area contributed by atoms with Crippen molar-refractivity contribution in [3.63, 3.8) is 0 Å². The van der Waals surface area contributed by atoms with Crippen LogP contribution in [0.4, 0.5) is 5.69 Å². The van der Waals surface area contributed by atoms with Crippen LogP contribution in [0.25, 0.3) is 0 Å². The van der Waals surface area contributed by atoms with Crippen molar-refractivity contribution in [2.24, 2.45) is 0 Å². The summed E-state index contributed by atoms with van der Waals surface area (Å²) in [5, 5.41) is 15.1. The Kier molecular flexibility index (Phi) is 9.59. The zero-order valence-corrected chi connectivity index (χ0v) is 21.1. The molecule has 0 spiro atoms. The van der Waals surface area contributed by atoms with E-state index in [2.05, 4.69) is 5.32 Å². The number of benzene rings is 3. The van der Waals surface area contributed by atoms with Crippen LogP contribution in [0.3, 0.4) is 0 Å². The molecule has 0 aliphatic heterocycles. The van der Waals surface area contributed by atoms with E-state index in [1.54, 1.807) is 36.4 Å². The maximum absolute atomic E-state index is 13.8. The lowest BCUT2D eigenvalue weighted by Gasteiger charge is -2.32. The Hall–Kier alpha value is -3.71. The van der Waals surface area contributed by atoms with E-state index in [9.17, 15) is 19.7 Å². The van der Waals surface area contributed by atoms with Gasteiger partial charge in [0.2, 0.25) is 11.8 Å². The number of hydrogen-bond donors (Lipinski definition) is 1. The molecule has 0 saturated carbocycles. The first-order valence-corrected chi connectivity index (χ1v) is 12.3. The number of nitro benzene ring substituents is 1. The molecule has 36 heavy (non-hydrogen) atoms. The van der Waals surface area contributed by atoms with Crippen molar-refractivity contribution < 1.29 is 14.5 Å². The summed E-state index contributed by atoms with van der Waals surface area (Å²) in [4.78, 5) is 39.8. The van der Waals surface area contributed by atoms with Gasteiger partial charge in [-0.25, -0.2) is 0 Å². The summed E-state index contributed by atoms with van der Waals surface area (Å²) in [5.74, 6) is -0.657. The number of para-hydroxylation sites is 1. The van der Waals surface area contributed by atoms with Gasteiger partial charge in [-0.3, -0.25) is 19.7 Å². The molecule has 0 bridgehead atoms. The molecular formula is C28H30ClN3O4. The third-order valence-electron chi connectivity index (χ3n) is 6.04. The number of carbonyl (C=O) groups is 2. The fourth-order valence-electron chi connectivity index (χ4n) is 3.93. The molecule has 0 aromatic heterocycles. The van der Waals surface area contributed by atoms with E-state index in [0.717, 1.165) is 17.5 Å². The van der Waals surface area contributed by atoms with Crippen LogP contribution < -0.4 is 5.32 Å². The molecule has 0 radical (unpaired) electrons. The molecule has 7 nitrogen and oxygen atoms in total. The average Bonchev–Trinajstić information content (AvgIpc) is 2.86. The molecule has 8 heteroatoms. The quantitative estimate of drug-likeness (QED) is 0.280. The highest BCUT2D eigenvalue weighted by Crippen LogP contribution is 2.22. The fourth-order valence-corrected chi connectivity index (χ4v) is 4.14. The molecule has 1 N–H and O–H groups in total. The molecule has 2 amide bonds. The minimum atomic E-state index is -0.823. The van der Waals surface area contributed by atoms with Gasteiger partial charge in [0.25, 0.3) is 5.69 Å². The summed E-state index contributed by atoms with van der Waals surface area (Å²) in [5.41, 5.74) is 1.82. The normalized spacial score (nSPS) is 12.4. The predicted octanol–water partition coefficient (Wildman–Crippen LogP) is 5.35. The monoisotopic (exact) mass is 507 g/mol. The predicted molar refractivity (Wildman–Crippen MR) is 141 cm³/mol. The summed E-state index contributed by atoms with van der Waals surface area (Å²) in [6, 6.07) is 21.9. The molecule has 0 aliphatic rings. The molecule has 2 unspecified atom stereocenters. The average molecular weight is 508 g/mol. The van der Waals surface area contributed by atoms with Crippen molar-refractivity contribution >= 4 is 29.1 Å². The molecule has 3 aromatic rings. The van der Waals surface area contributed by atoms with Crippen molar-refractivity contribution in [1.82, 2.24) is 10.2 Å². The second kappa shape index (κ2) is 12.8. The number of halogens is 1. The number of hydrogen-bond acceptors (Lipinski definition) is 4. The van der Waals surface area contributed by atoms with Crippen LogP contribution in [0.5, 0.6) is 0 Å². The first-order valence-electron chi connectivity index (χ1n) is 11.9. The topological polar surface area (TPSA) is 92.6 Å². The van der Waals surface area contributed by atoms with Crippen LogP contribution in [-0.4, -0.2) is 33.7 Å². The molecule has 188 valence electrons. The number of nitrogens with one attached hydrogen (secondary N) is 1. The Morgan fingerprint density at radius 1 is 1.00 bits per heavy atom. The van der Waals surface area contributed by atoms with E-state index >= 15 is 0 Å². The van der Waals surface area contributed by atoms with Crippen LogP contribution in [0.2, 0.25) is 5.02 Å². The van der Waals surface area contributed by atoms with E-state index in [0.29, 0.717) is 17.0 Å². The van der Waals surface area contributed by atoms with Gasteiger partial charge in [-0.2, -0.15) is 0 Å². The lowest BCUT2D eigenvalue weighted by Crippen LogP contribution is -2.52. The molecule has 0 saturated heterocycles. The second-order valence-electron chi connectivity index (χ2n) is 8.74. The van der Waals surface area contributed by atoms with Crippen LogP contribution >= 0.6 is 11.6 Å². The highest BCUT2D eigenvalue weighted by Gasteiger charge is 2.32.